The highest BCUT2D eigenvalue weighted by Gasteiger charge is 1.87. The minimum absolute atomic E-state index is 0.909. The average Bonchev–Trinajstić information content (AvgIpc) is 2.90. The molecular weight excluding hydrogens is 276 g/mol. The monoisotopic (exact) mass is 300 g/mol. The van der Waals surface area contributed by atoms with Crippen molar-refractivity contribution in [1.82, 2.24) is 0 Å². The number of carbonyl (C=O) groups is 1. The lowest BCUT2D eigenvalue weighted by molar-refractivity contribution is -0.131. The van der Waals surface area contributed by atoms with Gasteiger partial charge in [-0.15, -0.1) is 11.3 Å². The second kappa shape index (κ2) is 13.7. The van der Waals surface area contributed by atoms with Crippen LogP contribution < -0.4 is 0 Å². The second-order valence-electron chi connectivity index (χ2n) is 4.18. The van der Waals surface area contributed by atoms with Gasteiger partial charge in [0.05, 0.1) is 0 Å². The number of hydrogen-bond acceptors (Lipinski definition) is 3. The number of hydrogen-bond donors (Lipinski definition) is 2. The van der Waals surface area contributed by atoms with Gasteiger partial charge >= 0.3 is 5.97 Å². The predicted octanol–water partition coefficient (Wildman–Crippen LogP) is 5.12. The van der Waals surface area contributed by atoms with Gasteiger partial charge in [-0.05, 0) is 29.7 Å². The number of rotatable bonds is 8. The van der Waals surface area contributed by atoms with Crippen molar-refractivity contribution in [2.24, 2.45) is 0 Å². The molecule has 4 heteroatoms. The standard InChI is InChI=1S/C8H18S.C7H6O2S/c1-2-3-4-5-6-7-8-9;8-7(9)4-3-6-2-1-5-10-6/h9H,2-8H2,1H3;1-5H,(H,8,9). The quantitative estimate of drug-likeness (QED) is 0.397. The molecule has 108 valence electrons. The first-order valence-electron chi connectivity index (χ1n) is 6.76. The summed E-state index contributed by atoms with van der Waals surface area (Å²) in [6.07, 6.45) is 11.0. The van der Waals surface area contributed by atoms with Gasteiger partial charge in [0.1, 0.15) is 0 Å². The van der Waals surface area contributed by atoms with E-state index < -0.39 is 5.97 Å². The van der Waals surface area contributed by atoms with Crippen molar-refractivity contribution in [3.63, 3.8) is 0 Å². The van der Waals surface area contributed by atoms with Crippen LogP contribution in [0.3, 0.4) is 0 Å². The molecule has 0 saturated heterocycles. The average molecular weight is 300 g/mol. The van der Waals surface area contributed by atoms with Crippen molar-refractivity contribution in [3.8, 4) is 0 Å². The first-order chi connectivity index (χ1) is 9.20. The molecule has 1 aromatic heterocycles. The molecule has 0 atom stereocenters. The van der Waals surface area contributed by atoms with Crippen molar-refractivity contribution in [2.45, 2.75) is 45.4 Å². The molecule has 1 heterocycles. The van der Waals surface area contributed by atoms with Crippen LogP contribution in [0.2, 0.25) is 0 Å². The zero-order chi connectivity index (χ0) is 14.3. The Morgan fingerprint density at radius 1 is 1.32 bits per heavy atom. The molecule has 0 bridgehead atoms. The lowest BCUT2D eigenvalue weighted by Crippen LogP contribution is -1.84. The molecule has 19 heavy (non-hydrogen) atoms. The van der Waals surface area contributed by atoms with E-state index in [1.807, 2.05) is 17.5 Å². The van der Waals surface area contributed by atoms with Crippen LogP contribution in [0.5, 0.6) is 0 Å². The zero-order valence-corrected chi connectivity index (χ0v) is 13.3. The molecule has 0 aliphatic heterocycles. The first kappa shape index (κ1) is 18.3. The molecule has 0 aliphatic carbocycles. The maximum absolute atomic E-state index is 10.0. The van der Waals surface area contributed by atoms with E-state index >= 15 is 0 Å². The number of thiol groups is 1. The Bertz CT molecular complexity index is 326. The molecule has 1 aromatic rings. The van der Waals surface area contributed by atoms with E-state index in [4.69, 9.17) is 5.11 Å². The van der Waals surface area contributed by atoms with Crippen molar-refractivity contribution < 1.29 is 9.90 Å². The summed E-state index contributed by atoms with van der Waals surface area (Å²) in [5.74, 6) is 0.153. The summed E-state index contributed by atoms with van der Waals surface area (Å²) in [7, 11) is 0. The van der Waals surface area contributed by atoms with Gasteiger partial charge in [0, 0.05) is 11.0 Å². The molecule has 0 fully saturated rings. The number of unbranched alkanes of at least 4 members (excludes halogenated alkanes) is 5. The van der Waals surface area contributed by atoms with Gasteiger partial charge < -0.3 is 5.11 Å². The van der Waals surface area contributed by atoms with Gasteiger partial charge in [0.15, 0.2) is 0 Å². The Morgan fingerprint density at radius 3 is 2.53 bits per heavy atom. The van der Waals surface area contributed by atoms with Crippen LogP contribution in [0.4, 0.5) is 0 Å². The van der Waals surface area contributed by atoms with Gasteiger partial charge in [-0.3, -0.25) is 0 Å². The number of carboxylic acids is 1. The summed E-state index contributed by atoms with van der Waals surface area (Å²) in [6, 6.07) is 3.75. The summed E-state index contributed by atoms with van der Waals surface area (Å²) in [6.45, 7) is 2.25. The highest BCUT2D eigenvalue weighted by molar-refractivity contribution is 7.80. The SMILES string of the molecule is CCCCCCCCS.O=C(O)C=Cc1cccs1. The largest absolute Gasteiger partial charge is 0.478 e. The molecule has 0 aromatic carbocycles. The number of thiophene rings is 1. The third-order valence-electron chi connectivity index (χ3n) is 2.45. The summed E-state index contributed by atoms with van der Waals surface area (Å²) in [4.78, 5) is 11.0. The topological polar surface area (TPSA) is 37.3 Å². The van der Waals surface area contributed by atoms with Crippen molar-refractivity contribution >= 4 is 36.0 Å². The van der Waals surface area contributed by atoms with Crippen molar-refractivity contribution in [3.05, 3.63) is 28.5 Å². The van der Waals surface area contributed by atoms with E-state index in [1.165, 1.54) is 49.9 Å². The smallest absolute Gasteiger partial charge is 0.328 e. The Balaban J connectivity index is 0.000000344. The maximum Gasteiger partial charge on any atom is 0.328 e. The fraction of sp³-hybridized carbons (Fsp3) is 0.533. The third kappa shape index (κ3) is 13.5. The minimum atomic E-state index is -0.909. The van der Waals surface area contributed by atoms with E-state index in [9.17, 15) is 4.79 Å². The van der Waals surface area contributed by atoms with Crippen LogP contribution in [-0.4, -0.2) is 16.8 Å². The van der Waals surface area contributed by atoms with Gasteiger partial charge in [-0.2, -0.15) is 12.6 Å². The van der Waals surface area contributed by atoms with Crippen LogP contribution in [0, 0.1) is 0 Å². The summed E-state index contributed by atoms with van der Waals surface area (Å²) in [5, 5.41) is 10.1. The Morgan fingerprint density at radius 2 is 2.00 bits per heavy atom. The molecular formula is C15H24O2S2. The summed E-state index contributed by atoms with van der Waals surface area (Å²) < 4.78 is 0. The highest BCUT2D eigenvalue weighted by atomic mass is 32.1. The Labute approximate surface area is 126 Å². The molecule has 0 amide bonds. The van der Waals surface area contributed by atoms with E-state index in [1.54, 1.807) is 6.08 Å². The Kier molecular flexibility index (Phi) is 13.2. The fourth-order valence-electron chi connectivity index (χ4n) is 1.43. The van der Waals surface area contributed by atoms with Crippen LogP contribution in [0.15, 0.2) is 23.6 Å². The molecule has 2 nitrogen and oxygen atoms in total. The molecule has 0 saturated carbocycles. The fourth-order valence-corrected chi connectivity index (χ4v) is 2.27. The predicted molar refractivity (Wildman–Crippen MR) is 88.2 cm³/mol. The summed E-state index contributed by atoms with van der Waals surface area (Å²) >= 11 is 5.66. The van der Waals surface area contributed by atoms with Gasteiger partial charge in [0.2, 0.25) is 0 Å². The molecule has 0 aliphatic rings. The lowest BCUT2D eigenvalue weighted by Gasteiger charge is -1.95. The molecule has 0 radical (unpaired) electrons. The zero-order valence-electron chi connectivity index (χ0n) is 11.5. The van der Waals surface area contributed by atoms with E-state index in [0.29, 0.717) is 0 Å². The van der Waals surface area contributed by atoms with Gasteiger partial charge in [-0.25, -0.2) is 4.79 Å². The molecule has 1 rings (SSSR count). The van der Waals surface area contributed by atoms with Crippen LogP contribution >= 0.6 is 24.0 Å². The minimum Gasteiger partial charge on any atom is -0.478 e. The normalized spacial score (nSPS) is 10.2. The first-order valence-corrected chi connectivity index (χ1v) is 8.27. The van der Waals surface area contributed by atoms with E-state index in [0.717, 1.165) is 16.7 Å². The molecule has 0 unspecified atom stereocenters. The van der Waals surface area contributed by atoms with Crippen LogP contribution in [-0.2, 0) is 4.79 Å². The van der Waals surface area contributed by atoms with E-state index in [2.05, 4.69) is 19.6 Å². The van der Waals surface area contributed by atoms with Crippen molar-refractivity contribution in [2.75, 3.05) is 5.75 Å². The molecule has 1 N–H and O–H groups in total. The third-order valence-corrected chi connectivity index (χ3v) is 3.60. The van der Waals surface area contributed by atoms with Crippen molar-refractivity contribution in [1.29, 1.82) is 0 Å². The highest BCUT2D eigenvalue weighted by Crippen LogP contribution is 2.09. The van der Waals surface area contributed by atoms with Gasteiger partial charge in [-0.1, -0.05) is 45.1 Å². The number of aliphatic carboxylic acids is 1. The van der Waals surface area contributed by atoms with Crippen LogP contribution in [0.1, 0.15) is 50.3 Å². The lowest BCUT2D eigenvalue weighted by atomic mass is 10.1. The Hall–Kier alpha value is -0.740. The second-order valence-corrected chi connectivity index (χ2v) is 5.60. The molecule has 0 spiro atoms. The van der Waals surface area contributed by atoms with Crippen LogP contribution in [0.25, 0.3) is 6.08 Å². The summed E-state index contributed by atoms with van der Waals surface area (Å²) in [5.41, 5.74) is 0. The van der Waals surface area contributed by atoms with E-state index in [-0.39, 0.29) is 0 Å². The van der Waals surface area contributed by atoms with Gasteiger partial charge in [0.25, 0.3) is 0 Å². The number of carboxylic acid groups (broad SMARTS) is 1. The maximum atomic E-state index is 10.0.